The highest BCUT2D eigenvalue weighted by atomic mass is 127. The molecule has 0 spiro atoms. The average molecular weight is 519 g/mol. The van der Waals surface area contributed by atoms with E-state index in [2.05, 4.69) is 15.6 Å². The Bertz CT molecular complexity index is 676. The van der Waals surface area contributed by atoms with E-state index in [4.69, 9.17) is 15.2 Å². The summed E-state index contributed by atoms with van der Waals surface area (Å²) in [4.78, 5) is 29.7. The standard InChI is InChI=1S/C19H29N5O4.HI/c1-3-28-19(26)24-12-8-15(9-13-24)23-18(20)22-11-10-21-17(25)14-4-6-16(27-2)7-5-14;/h4-7,15H,3,8-13H2,1-2H3,(H,21,25)(H3,20,22,23);1H. The molecule has 9 nitrogen and oxygen atoms in total. The van der Waals surface area contributed by atoms with E-state index in [1.807, 2.05) is 0 Å². The summed E-state index contributed by atoms with van der Waals surface area (Å²) in [5.74, 6) is 0.872. The molecule has 0 saturated carbocycles. The summed E-state index contributed by atoms with van der Waals surface area (Å²) < 4.78 is 10.1. The fourth-order valence-electron chi connectivity index (χ4n) is 2.87. The zero-order valence-corrected chi connectivity index (χ0v) is 19.2. The molecule has 1 saturated heterocycles. The molecule has 10 heteroatoms. The Labute approximate surface area is 188 Å². The van der Waals surface area contributed by atoms with Crippen molar-refractivity contribution in [2.24, 2.45) is 10.7 Å². The third-order valence-electron chi connectivity index (χ3n) is 4.40. The third kappa shape index (κ3) is 8.34. The first-order chi connectivity index (χ1) is 13.5. The number of piperidine rings is 1. The maximum atomic E-state index is 12.0. The Morgan fingerprint density at radius 2 is 1.90 bits per heavy atom. The van der Waals surface area contributed by atoms with E-state index in [1.165, 1.54) is 0 Å². The highest BCUT2D eigenvalue weighted by Crippen LogP contribution is 2.12. The number of aliphatic imine (C=N–C) groups is 1. The molecular formula is C19H30IN5O4. The number of ether oxygens (including phenoxy) is 2. The Kier molecular flexibility index (Phi) is 11.2. The molecule has 1 heterocycles. The summed E-state index contributed by atoms with van der Waals surface area (Å²) >= 11 is 0. The second-order valence-electron chi connectivity index (χ2n) is 6.36. The van der Waals surface area contributed by atoms with Gasteiger partial charge in [0.25, 0.3) is 5.91 Å². The van der Waals surface area contributed by atoms with Crippen molar-refractivity contribution in [2.75, 3.05) is 39.9 Å². The molecule has 2 amide bonds. The number of guanidine groups is 1. The molecule has 1 aliphatic heterocycles. The predicted molar refractivity (Wildman–Crippen MR) is 122 cm³/mol. The van der Waals surface area contributed by atoms with Crippen molar-refractivity contribution in [3.05, 3.63) is 29.8 Å². The number of rotatable bonds is 7. The van der Waals surface area contributed by atoms with E-state index in [-0.39, 0.29) is 42.0 Å². The van der Waals surface area contributed by atoms with Gasteiger partial charge in [0.1, 0.15) is 5.75 Å². The maximum absolute atomic E-state index is 12.0. The lowest BCUT2D eigenvalue weighted by molar-refractivity contribution is 0.0949. The average Bonchev–Trinajstić information content (AvgIpc) is 2.72. The molecule has 4 N–H and O–H groups in total. The normalized spacial score (nSPS) is 14.6. The van der Waals surface area contributed by atoms with Crippen molar-refractivity contribution < 1.29 is 19.1 Å². The summed E-state index contributed by atoms with van der Waals surface area (Å²) in [5, 5.41) is 5.96. The number of carbonyl (C=O) groups excluding carboxylic acids is 2. The first-order valence-electron chi connectivity index (χ1n) is 9.44. The Hall–Kier alpha value is -2.24. The van der Waals surface area contributed by atoms with Crippen molar-refractivity contribution in [1.82, 2.24) is 15.5 Å². The van der Waals surface area contributed by atoms with Crippen LogP contribution in [0.1, 0.15) is 30.1 Å². The molecule has 162 valence electrons. The van der Waals surface area contributed by atoms with E-state index in [1.54, 1.807) is 43.2 Å². The second kappa shape index (κ2) is 13.1. The number of hydrogen-bond acceptors (Lipinski definition) is 5. The zero-order chi connectivity index (χ0) is 20.4. The van der Waals surface area contributed by atoms with Crippen molar-refractivity contribution in [3.8, 4) is 5.75 Å². The molecule has 1 fully saturated rings. The lowest BCUT2D eigenvalue weighted by atomic mass is 10.1. The highest BCUT2D eigenvalue weighted by molar-refractivity contribution is 14.0. The van der Waals surface area contributed by atoms with Gasteiger partial charge in [0.15, 0.2) is 5.96 Å². The van der Waals surface area contributed by atoms with Gasteiger partial charge in [-0.15, -0.1) is 24.0 Å². The quantitative estimate of drug-likeness (QED) is 0.218. The highest BCUT2D eigenvalue weighted by Gasteiger charge is 2.23. The Morgan fingerprint density at radius 3 is 2.48 bits per heavy atom. The van der Waals surface area contributed by atoms with Gasteiger partial charge in [-0.1, -0.05) is 0 Å². The maximum Gasteiger partial charge on any atom is 0.409 e. The molecule has 0 unspecified atom stereocenters. The summed E-state index contributed by atoms with van der Waals surface area (Å²) in [7, 11) is 1.58. The number of benzene rings is 1. The van der Waals surface area contributed by atoms with Gasteiger partial charge < -0.3 is 30.7 Å². The topological polar surface area (TPSA) is 118 Å². The third-order valence-corrected chi connectivity index (χ3v) is 4.40. The lowest BCUT2D eigenvalue weighted by Gasteiger charge is -2.31. The predicted octanol–water partition coefficient (Wildman–Crippen LogP) is 1.57. The first kappa shape index (κ1) is 24.8. The first-order valence-corrected chi connectivity index (χ1v) is 9.44. The molecule has 1 aliphatic rings. The van der Waals surface area contributed by atoms with Crippen LogP contribution in [-0.4, -0.2) is 68.8 Å². The smallest absolute Gasteiger partial charge is 0.409 e. The molecule has 0 atom stereocenters. The molecule has 0 bridgehead atoms. The molecule has 1 aromatic carbocycles. The number of amides is 2. The number of nitrogens with zero attached hydrogens (tertiary/aromatic N) is 2. The Balaban J connectivity index is 0.00000420. The molecular weight excluding hydrogens is 489 g/mol. The number of likely N-dealkylation sites (tertiary alicyclic amines) is 1. The van der Waals surface area contributed by atoms with Gasteiger partial charge in [-0.25, -0.2) is 4.79 Å². The fourth-order valence-corrected chi connectivity index (χ4v) is 2.87. The number of nitrogens with one attached hydrogen (secondary N) is 2. The largest absolute Gasteiger partial charge is 0.497 e. The molecule has 0 aliphatic carbocycles. The van der Waals surface area contributed by atoms with Crippen LogP contribution < -0.4 is 21.1 Å². The Morgan fingerprint density at radius 1 is 1.24 bits per heavy atom. The van der Waals surface area contributed by atoms with Crippen LogP contribution in [0.25, 0.3) is 0 Å². The van der Waals surface area contributed by atoms with Crippen LogP contribution in [0.2, 0.25) is 0 Å². The second-order valence-corrected chi connectivity index (χ2v) is 6.36. The number of methoxy groups -OCH3 is 1. The van der Waals surface area contributed by atoms with Gasteiger partial charge >= 0.3 is 6.09 Å². The van der Waals surface area contributed by atoms with Crippen LogP contribution >= 0.6 is 24.0 Å². The van der Waals surface area contributed by atoms with E-state index in [0.717, 1.165) is 12.8 Å². The fraction of sp³-hybridized carbons (Fsp3) is 0.526. The van der Waals surface area contributed by atoms with Crippen molar-refractivity contribution in [1.29, 1.82) is 0 Å². The SMILES string of the molecule is CCOC(=O)N1CCC(NC(N)=NCCNC(=O)c2ccc(OC)cc2)CC1.I. The number of halogens is 1. The van der Waals surface area contributed by atoms with Gasteiger partial charge in [0.2, 0.25) is 0 Å². The van der Waals surface area contributed by atoms with Gasteiger partial charge in [0.05, 0.1) is 20.3 Å². The van der Waals surface area contributed by atoms with Crippen LogP contribution in [0.3, 0.4) is 0 Å². The molecule has 2 rings (SSSR count). The monoisotopic (exact) mass is 519 g/mol. The summed E-state index contributed by atoms with van der Waals surface area (Å²) in [6.45, 7) is 4.19. The molecule has 0 aromatic heterocycles. The van der Waals surface area contributed by atoms with Crippen LogP contribution in [0.4, 0.5) is 4.79 Å². The molecule has 1 aromatic rings. The van der Waals surface area contributed by atoms with Crippen molar-refractivity contribution in [2.45, 2.75) is 25.8 Å². The van der Waals surface area contributed by atoms with E-state index in [9.17, 15) is 9.59 Å². The number of nitrogens with two attached hydrogens (primary N) is 1. The zero-order valence-electron chi connectivity index (χ0n) is 16.8. The van der Waals surface area contributed by atoms with Gasteiger partial charge in [0, 0.05) is 31.2 Å². The van der Waals surface area contributed by atoms with Crippen molar-refractivity contribution >= 4 is 41.9 Å². The van der Waals surface area contributed by atoms with Gasteiger partial charge in [-0.3, -0.25) is 9.79 Å². The van der Waals surface area contributed by atoms with Gasteiger partial charge in [-0.05, 0) is 44.0 Å². The van der Waals surface area contributed by atoms with Gasteiger partial charge in [-0.2, -0.15) is 0 Å². The minimum atomic E-state index is -0.268. The number of hydrogen-bond donors (Lipinski definition) is 3. The molecule has 0 radical (unpaired) electrons. The van der Waals surface area contributed by atoms with E-state index < -0.39 is 0 Å². The van der Waals surface area contributed by atoms with Crippen LogP contribution in [0, 0.1) is 0 Å². The summed E-state index contributed by atoms with van der Waals surface area (Å²) in [5.41, 5.74) is 6.47. The van der Waals surface area contributed by atoms with E-state index >= 15 is 0 Å². The minimum Gasteiger partial charge on any atom is -0.497 e. The number of carbonyl (C=O) groups is 2. The summed E-state index contributed by atoms with van der Waals surface area (Å²) in [6, 6.07) is 7.06. The molecule has 29 heavy (non-hydrogen) atoms. The summed E-state index contributed by atoms with van der Waals surface area (Å²) in [6.07, 6.45) is 1.29. The van der Waals surface area contributed by atoms with Crippen LogP contribution in [0.5, 0.6) is 5.75 Å². The minimum absolute atomic E-state index is 0. The lowest BCUT2D eigenvalue weighted by Crippen LogP contribution is -2.48. The van der Waals surface area contributed by atoms with Crippen LogP contribution in [-0.2, 0) is 4.74 Å². The van der Waals surface area contributed by atoms with Crippen molar-refractivity contribution in [3.63, 3.8) is 0 Å². The van der Waals surface area contributed by atoms with E-state index in [0.29, 0.717) is 50.1 Å². The van der Waals surface area contributed by atoms with Crippen LogP contribution in [0.15, 0.2) is 29.3 Å².